The van der Waals surface area contributed by atoms with Crippen molar-refractivity contribution in [2.75, 3.05) is 6.54 Å². The third-order valence-electron chi connectivity index (χ3n) is 5.10. The van der Waals surface area contributed by atoms with E-state index in [-0.39, 0.29) is 23.7 Å². The minimum Gasteiger partial charge on any atom is -0.478 e. The number of amides is 1. The first-order valence-corrected chi connectivity index (χ1v) is 8.40. The van der Waals surface area contributed by atoms with Gasteiger partial charge in [0.15, 0.2) is 0 Å². The molecule has 25 heavy (non-hydrogen) atoms. The molecule has 1 aliphatic heterocycles. The lowest BCUT2D eigenvalue weighted by Crippen LogP contribution is -2.42. The van der Waals surface area contributed by atoms with Crippen LogP contribution in [-0.2, 0) is 23.3 Å². The number of fused-ring (bicyclic) bond motifs is 2. The molecule has 0 bridgehead atoms. The number of carbonyl (C=O) groups excluding carboxylic acids is 1. The Kier molecular flexibility index (Phi) is 3.71. The van der Waals surface area contributed by atoms with Gasteiger partial charge in [-0.3, -0.25) is 0 Å². The first-order valence-electron chi connectivity index (χ1n) is 8.40. The van der Waals surface area contributed by atoms with E-state index in [9.17, 15) is 14.7 Å². The molecule has 0 unspecified atom stereocenters. The summed E-state index contributed by atoms with van der Waals surface area (Å²) < 4.78 is 5.45. The molecular weight excluding hydrogens is 318 g/mol. The monoisotopic (exact) mass is 337 g/mol. The Labute approximate surface area is 145 Å². The largest absolute Gasteiger partial charge is 0.478 e. The van der Waals surface area contributed by atoms with Gasteiger partial charge in [0.1, 0.15) is 6.61 Å². The van der Waals surface area contributed by atoms with Gasteiger partial charge in [-0.25, -0.2) is 9.59 Å². The van der Waals surface area contributed by atoms with Crippen molar-refractivity contribution in [2.24, 2.45) is 0 Å². The first kappa shape index (κ1) is 15.7. The van der Waals surface area contributed by atoms with Gasteiger partial charge in [0.05, 0.1) is 5.56 Å². The van der Waals surface area contributed by atoms with Crippen LogP contribution in [0.15, 0.2) is 48.5 Å². The summed E-state index contributed by atoms with van der Waals surface area (Å²) in [6, 6.07) is 14.8. The van der Waals surface area contributed by atoms with Crippen LogP contribution >= 0.6 is 0 Å². The Morgan fingerprint density at radius 3 is 2.56 bits per heavy atom. The quantitative estimate of drug-likeness (QED) is 0.930. The molecule has 1 saturated carbocycles. The molecule has 128 valence electrons. The number of ether oxygens (including phenoxy) is 1. The molecule has 1 heterocycles. The molecular formula is C20H19NO4. The summed E-state index contributed by atoms with van der Waals surface area (Å²) in [5.74, 6) is -0.948. The summed E-state index contributed by atoms with van der Waals surface area (Å²) in [6.07, 6.45) is 1.70. The second kappa shape index (κ2) is 5.92. The molecule has 1 fully saturated rings. The van der Waals surface area contributed by atoms with E-state index in [1.807, 2.05) is 36.4 Å². The fraction of sp³-hybridized carbons (Fsp3) is 0.300. The van der Waals surface area contributed by atoms with Gasteiger partial charge < -0.3 is 14.7 Å². The zero-order valence-electron chi connectivity index (χ0n) is 13.8. The lowest BCUT2D eigenvalue weighted by atomic mass is 9.86. The Morgan fingerprint density at radius 2 is 1.88 bits per heavy atom. The molecule has 5 nitrogen and oxygen atoms in total. The van der Waals surface area contributed by atoms with E-state index >= 15 is 0 Å². The van der Waals surface area contributed by atoms with Crippen LogP contribution in [0.3, 0.4) is 0 Å². The third-order valence-corrected chi connectivity index (χ3v) is 5.10. The molecule has 1 amide bonds. The Morgan fingerprint density at radius 1 is 1.12 bits per heavy atom. The molecule has 4 rings (SSSR count). The summed E-state index contributed by atoms with van der Waals surface area (Å²) in [4.78, 5) is 25.4. The molecule has 0 saturated heterocycles. The molecule has 1 aliphatic carbocycles. The van der Waals surface area contributed by atoms with Crippen molar-refractivity contribution in [2.45, 2.75) is 31.4 Å². The highest BCUT2D eigenvalue weighted by Gasteiger charge is 2.50. The minimum absolute atomic E-state index is 0.0175. The van der Waals surface area contributed by atoms with Crippen LogP contribution in [0.4, 0.5) is 4.79 Å². The molecule has 0 radical (unpaired) electrons. The summed E-state index contributed by atoms with van der Waals surface area (Å²) >= 11 is 0. The van der Waals surface area contributed by atoms with Crippen LogP contribution in [0.5, 0.6) is 0 Å². The van der Waals surface area contributed by atoms with Gasteiger partial charge in [-0.05, 0) is 41.7 Å². The summed E-state index contributed by atoms with van der Waals surface area (Å²) in [7, 11) is 0. The lowest BCUT2D eigenvalue weighted by molar-refractivity contribution is 0.0696. The fourth-order valence-corrected chi connectivity index (χ4v) is 3.61. The molecule has 2 aliphatic rings. The highest BCUT2D eigenvalue weighted by molar-refractivity contribution is 5.88. The van der Waals surface area contributed by atoms with Gasteiger partial charge in [-0.1, -0.05) is 36.4 Å². The zero-order chi connectivity index (χ0) is 17.4. The maximum Gasteiger partial charge on any atom is 0.410 e. The van der Waals surface area contributed by atoms with E-state index in [0.29, 0.717) is 13.1 Å². The van der Waals surface area contributed by atoms with Crippen LogP contribution in [0.25, 0.3) is 0 Å². The van der Waals surface area contributed by atoms with Crippen molar-refractivity contribution in [3.63, 3.8) is 0 Å². The van der Waals surface area contributed by atoms with Crippen LogP contribution in [0, 0.1) is 0 Å². The van der Waals surface area contributed by atoms with Crippen molar-refractivity contribution in [1.82, 2.24) is 4.90 Å². The second-order valence-electron chi connectivity index (χ2n) is 6.85. The Balaban J connectivity index is 1.52. The Hall–Kier alpha value is -2.82. The molecule has 2 aromatic carbocycles. The molecule has 0 atom stereocenters. The number of rotatable bonds is 3. The van der Waals surface area contributed by atoms with Gasteiger partial charge >= 0.3 is 12.1 Å². The maximum absolute atomic E-state index is 12.5. The summed E-state index contributed by atoms with van der Waals surface area (Å²) in [6.45, 7) is 1.27. The molecule has 0 aromatic heterocycles. The topological polar surface area (TPSA) is 66.8 Å². The fourth-order valence-electron chi connectivity index (χ4n) is 3.61. The highest BCUT2D eigenvalue weighted by Crippen LogP contribution is 2.52. The number of nitrogens with zero attached hydrogens (tertiary/aromatic N) is 1. The van der Waals surface area contributed by atoms with E-state index in [4.69, 9.17) is 4.74 Å². The number of benzene rings is 2. The van der Waals surface area contributed by atoms with Crippen LogP contribution < -0.4 is 0 Å². The third kappa shape index (κ3) is 2.97. The van der Waals surface area contributed by atoms with E-state index in [1.54, 1.807) is 17.0 Å². The van der Waals surface area contributed by atoms with E-state index < -0.39 is 5.97 Å². The van der Waals surface area contributed by atoms with Crippen molar-refractivity contribution < 1.29 is 19.4 Å². The predicted molar refractivity (Wildman–Crippen MR) is 91.4 cm³/mol. The molecule has 5 heteroatoms. The average molecular weight is 337 g/mol. The second-order valence-corrected chi connectivity index (χ2v) is 6.85. The number of carboxylic acid groups (broad SMARTS) is 1. The van der Waals surface area contributed by atoms with Crippen LogP contribution in [0.1, 0.15) is 39.9 Å². The normalized spacial score (nSPS) is 17.0. The van der Waals surface area contributed by atoms with Crippen LogP contribution in [0.2, 0.25) is 0 Å². The maximum atomic E-state index is 12.5. The van der Waals surface area contributed by atoms with Gasteiger partial charge in [0.2, 0.25) is 0 Å². The standard InChI is InChI=1S/C20H19NO4/c22-18(23)15-6-7-17-16(10-15)11-21(13-20(17)8-9-20)19(24)25-12-14-4-2-1-3-5-14/h1-7,10H,8-9,11-13H2,(H,22,23). The SMILES string of the molecule is O=C(O)c1ccc2c(c1)CN(C(=O)OCc1ccccc1)CC21CC1. The molecule has 1 spiro atoms. The van der Waals surface area contributed by atoms with E-state index in [1.165, 1.54) is 5.56 Å². The summed E-state index contributed by atoms with van der Waals surface area (Å²) in [5.41, 5.74) is 3.29. The number of hydrogen-bond donors (Lipinski definition) is 1. The highest BCUT2D eigenvalue weighted by atomic mass is 16.6. The van der Waals surface area contributed by atoms with Crippen molar-refractivity contribution in [3.05, 3.63) is 70.8 Å². The minimum atomic E-state index is -0.948. The van der Waals surface area contributed by atoms with Crippen molar-refractivity contribution >= 4 is 12.1 Å². The predicted octanol–water partition coefficient (Wildman–Crippen LogP) is 3.57. The number of carboxylic acids is 1. The average Bonchev–Trinajstić information content (AvgIpc) is 3.39. The first-order chi connectivity index (χ1) is 12.1. The molecule has 2 aromatic rings. The van der Waals surface area contributed by atoms with Crippen molar-refractivity contribution in [1.29, 1.82) is 0 Å². The van der Waals surface area contributed by atoms with Crippen molar-refractivity contribution in [3.8, 4) is 0 Å². The molecule has 1 N–H and O–H groups in total. The van der Waals surface area contributed by atoms with Crippen LogP contribution in [-0.4, -0.2) is 28.6 Å². The van der Waals surface area contributed by atoms with E-state index in [0.717, 1.165) is 24.0 Å². The lowest BCUT2D eigenvalue weighted by Gasteiger charge is -2.34. The number of carbonyl (C=O) groups is 2. The Bertz CT molecular complexity index is 827. The smallest absolute Gasteiger partial charge is 0.410 e. The zero-order valence-corrected chi connectivity index (χ0v) is 13.8. The number of hydrogen-bond acceptors (Lipinski definition) is 3. The van der Waals surface area contributed by atoms with Gasteiger partial charge in [0, 0.05) is 18.5 Å². The van der Waals surface area contributed by atoms with Gasteiger partial charge in [-0.2, -0.15) is 0 Å². The number of aromatic carboxylic acids is 1. The van der Waals surface area contributed by atoms with Gasteiger partial charge in [-0.15, -0.1) is 0 Å². The van der Waals surface area contributed by atoms with E-state index in [2.05, 4.69) is 0 Å². The van der Waals surface area contributed by atoms with Gasteiger partial charge in [0.25, 0.3) is 0 Å². The summed E-state index contributed by atoms with van der Waals surface area (Å²) in [5, 5.41) is 9.21.